The van der Waals surface area contributed by atoms with Crippen LogP contribution in [-0.4, -0.2) is 44.6 Å². The molecule has 1 amide bonds. The smallest absolute Gasteiger partial charge is 0.232 e. The van der Waals surface area contributed by atoms with E-state index in [9.17, 15) is 17.6 Å². The summed E-state index contributed by atoms with van der Waals surface area (Å²) in [6.45, 7) is 4.33. The molecule has 1 N–H and O–H groups in total. The van der Waals surface area contributed by atoms with Gasteiger partial charge in [0.1, 0.15) is 5.82 Å². The second-order valence-corrected chi connectivity index (χ2v) is 8.04. The summed E-state index contributed by atoms with van der Waals surface area (Å²) in [4.78, 5) is 14.3. The van der Waals surface area contributed by atoms with E-state index in [0.717, 1.165) is 6.26 Å². The van der Waals surface area contributed by atoms with Crippen molar-refractivity contribution in [2.24, 2.45) is 0 Å². The topological polar surface area (TPSA) is 66.5 Å². The van der Waals surface area contributed by atoms with Gasteiger partial charge in [-0.1, -0.05) is 12.1 Å². The lowest BCUT2D eigenvalue weighted by atomic mass is 9.83. The Kier molecular flexibility index (Phi) is 4.58. The fourth-order valence-corrected chi connectivity index (χ4v) is 3.54. The van der Waals surface area contributed by atoms with Crippen molar-refractivity contribution in [2.45, 2.75) is 31.7 Å². The number of carbonyl (C=O) groups excluding carboxylic acids is 1. The van der Waals surface area contributed by atoms with Gasteiger partial charge in [-0.25, -0.2) is 17.5 Å². The van der Waals surface area contributed by atoms with Crippen LogP contribution < -0.4 is 4.72 Å². The van der Waals surface area contributed by atoms with Gasteiger partial charge in [0.2, 0.25) is 15.9 Å². The second kappa shape index (κ2) is 5.96. The maximum atomic E-state index is 13.4. The highest BCUT2D eigenvalue weighted by molar-refractivity contribution is 7.88. The van der Waals surface area contributed by atoms with Crippen molar-refractivity contribution in [3.63, 3.8) is 0 Å². The highest BCUT2D eigenvalue weighted by Crippen LogP contribution is 2.28. The van der Waals surface area contributed by atoms with Crippen molar-refractivity contribution in [3.05, 3.63) is 35.6 Å². The van der Waals surface area contributed by atoms with Gasteiger partial charge in [-0.05, 0) is 38.0 Å². The lowest BCUT2D eigenvalue weighted by Crippen LogP contribution is -2.44. The maximum Gasteiger partial charge on any atom is 0.232 e. The van der Waals surface area contributed by atoms with Crippen LogP contribution in [0.1, 0.15) is 25.8 Å². The molecule has 0 bridgehead atoms. The first-order valence-corrected chi connectivity index (χ1v) is 9.01. The summed E-state index contributed by atoms with van der Waals surface area (Å²) < 4.78 is 38.4. The molecule has 1 aromatic rings. The van der Waals surface area contributed by atoms with Crippen LogP contribution in [0.4, 0.5) is 4.39 Å². The molecule has 122 valence electrons. The van der Waals surface area contributed by atoms with Crippen LogP contribution in [0.3, 0.4) is 0 Å². The number of benzene rings is 1. The molecule has 1 heterocycles. The summed E-state index contributed by atoms with van der Waals surface area (Å²) in [6.07, 6.45) is 1.69. The molecular formula is C15H21FN2O3S. The molecule has 7 heteroatoms. The molecule has 1 aliphatic rings. The molecule has 1 atom stereocenters. The minimum absolute atomic E-state index is 0.129. The third kappa shape index (κ3) is 3.84. The van der Waals surface area contributed by atoms with Gasteiger partial charge < -0.3 is 4.90 Å². The zero-order valence-electron chi connectivity index (χ0n) is 13.0. The Morgan fingerprint density at radius 3 is 2.68 bits per heavy atom. The van der Waals surface area contributed by atoms with E-state index in [0.29, 0.717) is 25.1 Å². The molecule has 0 radical (unpaired) electrons. The number of halogens is 1. The van der Waals surface area contributed by atoms with E-state index in [1.165, 1.54) is 12.1 Å². The Bertz CT molecular complexity index is 673. The van der Waals surface area contributed by atoms with Crippen molar-refractivity contribution >= 4 is 15.9 Å². The predicted octanol–water partition coefficient (Wildman–Crippen LogP) is 1.25. The lowest BCUT2D eigenvalue weighted by Gasteiger charge is -2.29. The summed E-state index contributed by atoms with van der Waals surface area (Å²) in [5, 5.41) is 0. The van der Waals surface area contributed by atoms with Crippen LogP contribution in [0.15, 0.2) is 24.3 Å². The van der Waals surface area contributed by atoms with Crippen LogP contribution in [0, 0.1) is 5.82 Å². The van der Waals surface area contributed by atoms with Crippen molar-refractivity contribution in [2.75, 3.05) is 19.3 Å². The number of sulfonamides is 1. The third-order valence-corrected chi connectivity index (χ3v) is 4.70. The molecular weight excluding hydrogens is 307 g/mol. The number of hydrogen-bond donors (Lipinski definition) is 1. The first-order chi connectivity index (χ1) is 10.1. The fourth-order valence-electron chi connectivity index (χ4n) is 2.74. The SMILES string of the molecule is CC(C)(C(=O)N1CCC(NS(C)(=O)=O)C1)c1cccc(F)c1. The summed E-state index contributed by atoms with van der Waals surface area (Å²) in [5.74, 6) is -0.507. The molecule has 0 aromatic heterocycles. The molecule has 0 spiro atoms. The fraction of sp³-hybridized carbons (Fsp3) is 0.533. The number of nitrogens with one attached hydrogen (secondary N) is 1. The summed E-state index contributed by atoms with van der Waals surface area (Å²) in [5.41, 5.74) is -0.251. The number of rotatable bonds is 4. The molecule has 1 unspecified atom stereocenters. The Morgan fingerprint density at radius 2 is 2.09 bits per heavy atom. The minimum atomic E-state index is -3.29. The predicted molar refractivity (Wildman–Crippen MR) is 82.4 cm³/mol. The van der Waals surface area contributed by atoms with Crippen molar-refractivity contribution in [3.8, 4) is 0 Å². The standard InChI is InChI=1S/C15H21FN2O3S/c1-15(2,11-5-4-6-12(16)9-11)14(19)18-8-7-13(10-18)17-22(3,20)21/h4-6,9,13,17H,7-8,10H2,1-3H3. The van der Waals surface area contributed by atoms with Gasteiger partial charge in [-0.2, -0.15) is 0 Å². The second-order valence-electron chi connectivity index (χ2n) is 6.26. The highest BCUT2D eigenvalue weighted by atomic mass is 32.2. The van der Waals surface area contributed by atoms with Gasteiger partial charge in [0.25, 0.3) is 0 Å². The quantitative estimate of drug-likeness (QED) is 0.905. The van der Waals surface area contributed by atoms with Crippen LogP contribution >= 0.6 is 0 Å². The first-order valence-electron chi connectivity index (χ1n) is 7.12. The van der Waals surface area contributed by atoms with E-state index in [2.05, 4.69) is 4.72 Å². The molecule has 1 fully saturated rings. The third-order valence-electron chi connectivity index (χ3n) is 3.94. The van der Waals surface area contributed by atoms with Crippen molar-refractivity contribution in [1.82, 2.24) is 9.62 Å². The lowest BCUT2D eigenvalue weighted by molar-refractivity contribution is -0.135. The molecule has 1 aliphatic heterocycles. The maximum absolute atomic E-state index is 13.4. The van der Waals surface area contributed by atoms with E-state index in [1.54, 1.807) is 30.9 Å². The van der Waals surface area contributed by atoms with E-state index in [4.69, 9.17) is 0 Å². The van der Waals surface area contributed by atoms with Crippen LogP contribution in [-0.2, 0) is 20.2 Å². The van der Waals surface area contributed by atoms with E-state index in [-0.39, 0.29) is 17.8 Å². The van der Waals surface area contributed by atoms with Crippen molar-refractivity contribution < 1.29 is 17.6 Å². The molecule has 2 rings (SSSR count). The molecule has 0 saturated carbocycles. The molecule has 22 heavy (non-hydrogen) atoms. The average Bonchev–Trinajstić information content (AvgIpc) is 2.83. The monoisotopic (exact) mass is 328 g/mol. The van der Waals surface area contributed by atoms with Crippen LogP contribution in [0.5, 0.6) is 0 Å². The highest BCUT2D eigenvalue weighted by Gasteiger charge is 2.37. The largest absolute Gasteiger partial charge is 0.340 e. The number of hydrogen-bond acceptors (Lipinski definition) is 3. The first kappa shape index (κ1) is 16.9. The van der Waals surface area contributed by atoms with Gasteiger partial charge >= 0.3 is 0 Å². The van der Waals surface area contributed by atoms with Gasteiger partial charge in [-0.15, -0.1) is 0 Å². The average molecular weight is 328 g/mol. The Morgan fingerprint density at radius 1 is 1.41 bits per heavy atom. The number of likely N-dealkylation sites (tertiary alicyclic amines) is 1. The van der Waals surface area contributed by atoms with E-state index < -0.39 is 15.4 Å². The molecule has 1 aromatic carbocycles. The summed E-state index contributed by atoms with van der Waals surface area (Å²) in [7, 11) is -3.29. The Balaban J connectivity index is 2.11. The number of carbonyl (C=O) groups is 1. The summed E-state index contributed by atoms with van der Waals surface area (Å²) in [6, 6.07) is 5.75. The zero-order chi connectivity index (χ0) is 16.5. The van der Waals surface area contributed by atoms with Gasteiger partial charge in [0.15, 0.2) is 0 Å². The molecule has 0 aliphatic carbocycles. The normalized spacial score (nSPS) is 19.5. The molecule has 1 saturated heterocycles. The zero-order valence-corrected chi connectivity index (χ0v) is 13.8. The summed E-state index contributed by atoms with van der Waals surface area (Å²) >= 11 is 0. The van der Waals surface area contributed by atoms with Gasteiger partial charge in [-0.3, -0.25) is 4.79 Å². The van der Waals surface area contributed by atoms with E-state index in [1.807, 2.05) is 0 Å². The Labute approximate surface area is 130 Å². The van der Waals surface area contributed by atoms with Gasteiger partial charge in [0.05, 0.1) is 11.7 Å². The minimum Gasteiger partial charge on any atom is -0.340 e. The van der Waals surface area contributed by atoms with Crippen LogP contribution in [0.25, 0.3) is 0 Å². The molecule has 5 nitrogen and oxygen atoms in total. The van der Waals surface area contributed by atoms with Crippen LogP contribution in [0.2, 0.25) is 0 Å². The van der Waals surface area contributed by atoms with E-state index >= 15 is 0 Å². The van der Waals surface area contributed by atoms with Gasteiger partial charge in [0, 0.05) is 19.1 Å². The number of amides is 1. The number of nitrogens with zero attached hydrogens (tertiary/aromatic N) is 1. The Hall–Kier alpha value is -1.47. The van der Waals surface area contributed by atoms with Crippen molar-refractivity contribution in [1.29, 1.82) is 0 Å².